The van der Waals surface area contributed by atoms with Crippen LogP contribution in [-0.2, 0) is 0 Å². The topological polar surface area (TPSA) is 0 Å². The van der Waals surface area contributed by atoms with Crippen LogP contribution in [0.15, 0.2) is 0 Å². The lowest BCUT2D eigenvalue weighted by atomic mass is 9.50. The quantitative estimate of drug-likeness (QED) is 0.397. The minimum absolute atomic E-state index is 0.473. The van der Waals surface area contributed by atoms with Crippen LogP contribution in [0.25, 0.3) is 0 Å². The summed E-state index contributed by atoms with van der Waals surface area (Å²) in [6, 6.07) is 0. The Labute approximate surface area is 193 Å². The van der Waals surface area contributed by atoms with Gasteiger partial charge in [-0.05, 0) is 5.92 Å². The molecule has 30 heavy (non-hydrogen) atoms. The van der Waals surface area contributed by atoms with Crippen molar-refractivity contribution in [2.24, 2.45) is 5.92 Å². The highest BCUT2D eigenvalue weighted by atomic mass is 14.1. The Kier molecular flexibility index (Phi) is 15.5. The third-order valence-corrected chi connectivity index (χ3v) is 8.14. The van der Waals surface area contributed by atoms with Gasteiger partial charge in [-0.15, -0.1) is 0 Å². The first-order chi connectivity index (χ1) is 14.7. The summed E-state index contributed by atoms with van der Waals surface area (Å²) < 4.78 is 0. The second-order valence-electron chi connectivity index (χ2n) is 11.2. The maximum atomic E-state index is 6.30. The summed E-state index contributed by atoms with van der Waals surface area (Å²) >= 11 is 0. The van der Waals surface area contributed by atoms with Crippen LogP contribution in [0.3, 0.4) is 0 Å². The van der Waals surface area contributed by atoms with Crippen molar-refractivity contribution in [3.05, 3.63) is 0 Å². The maximum absolute atomic E-state index is 6.30. The van der Waals surface area contributed by atoms with Crippen LogP contribution in [0.2, 0.25) is 17.5 Å². The molecule has 0 heterocycles. The van der Waals surface area contributed by atoms with E-state index in [1.807, 2.05) is 0 Å². The van der Waals surface area contributed by atoms with E-state index in [2.05, 4.69) is 14.2 Å². The van der Waals surface area contributed by atoms with Gasteiger partial charge < -0.3 is 0 Å². The van der Waals surface area contributed by atoms with E-state index in [0.29, 0.717) is 5.82 Å². The maximum Gasteiger partial charge on any atom is 0.117 e. The lowest BCUT2D eigenvalue weighted by Crippen LogP contribution is -2.13. The fourth-order valence-corrected chi connectivity index (χ4v) is 6.01. The minimum Gasteiger partial charge on any atom is -0.0774 e. The van der Waals surface area contributed by atoms with Crippen LogP contribution in [0, 0.1) is 5.92 Å². The van der Waals surface area contributed by atoms with Gasteiger partial charge in [0.05, 0.1) is 7.85 Å². The zero-order valence-corrected chi connectivity index (χ0v) is 20.7. The molecule has 0 aromatic rings. The van der Waals surface area contributed by atoms with Gasteiger partial charge in [0.1, 0.15) is 7.28 Å². The molecule has 2 rings (SSSR count). The summed E-state index contributed by atoms with van der Waals surface area (Å²) in [5.74, 6) is 3.24. The highest BCUT2D eigenvalue weighted by Crippen LogP contribution is 2.33. The molecule has 2 aliphatic rings. The molecular weight excluding hydrogens is 358 g/mol. The molecule has 0 unspecified atom stereocenters. The van der Waals surface area contributed by atoms with Crippen molar-refractivity contribution >= 4 is 15.1 Å². The number of hydrogen-bond acceptors (Lipinski definition) is 0. The summed E-state index contributed by atoms with van der Waals surface area (Å²) in [5.41, 5.74) is 0. The normalized spacial score (nSPS) is 33.2. The first-order valence-corrected chi connectivity index (χ1v) is 14.3. The van der Waals surface area contributed by atoms with E-state index in [9.17, 15) is 0 Å². The lowest BCUT2D eigenvalue weighted by molar-refractivity contribution is 0.423. The van der Waals surface area contributed by atoms with Crippen molar-refractivity contribution in [3.8, 4) is 0 Å². The summed E-state index contributed by atoms with van der Waals surface area (Å²) in [4.78, 5) is 0. The molecule has 0 N–H and O–H groups in total. The van der Waals surface area contributed by atoms with Crippen LogP contribution < -0.4 is 0 Å². The second kappa shape index (κ2) is 17.7. The smallest absolute Gasteiger partial charge is 0.0774 e. The fraction of sp³-hybridized carbons (Fsp3) is 1.00. The summed E-state index contributed by atoms with van der Waals surface area (Å²) in [5, 5.41) is 0. The van der Waals surface area contributed by atoms with Crippen molar-refractivity contribution < 1.29 is 0 Å². The van der Waals surface area contributed by atoms with E-state index in [0.717, 1.165) is 17.6 Å². The molecule has 2 atom stereocenters. The Hall–Kier alpha value is 0.130. The van der Waals surface area contributed by atoms with Crippen LogP contribution >= 0.6 is 0 Å². The van der Waals surface area contributed by atoms with Crippen molar-refractivity contribution in [1.82, 2.24) is 0 Å². The lowest BCUT2D eigenvalue weighted by Gasteiger charge is -2.23. The summed E-state index contributed by atoms with van der Waals surface area (Å²) in [6.07, 6.45) is 32.9. The molecule has 0 saturated heterocycles. The van der Waals surface area contributed by atoms with Crippen LogP contribution in [0.5, 0.6) is 0 Å². The van der Waals surface area contributed by atoms with Crippen molar-refractivity contribution in [2.45, 2.75) is 172 Å². The molecule has 2 heteroatoms. The Balaban J connectivity index is 1.78. The van der Waals surface area contributed by atoms with E-state index in [4.69, 9.17) is 7.85 Å². The molecule has 0 aliphatic heterocycles. The van der Waals surface area contributed by atoms with Gasteiger partial charge in [0.2, 0.25) is 0 Å². The van der Waals surface area contributed by atoms with Gasteiger partial charge in [0, 0.05) is 0 Å². The van der Waals surface area contributed by atoms with E-state index in [1.54, 1.807) is 0 Å². The van der Waals surface area contributed by atoms with E-state index >= 15 is 0 Å². The molecule has 0 spiro atoms. The van der Waals surface area contributed by atoms with Gasteiger partial charge in [-0.3, -0.25) is 0 Å². The third kappa shape index (κ3) is 13.5. The predicted molar refractivity (Wildman–Crippen MR) is 138 cm³/mol. The van der Waals surface area contributed by atoms with Crippen molar-refractivity contribution in [1.29, 1.82) is 0 Å². The van der Waals surface area contributed by atoms with Crippen molar-refractivity contribution in [3.63, 3.8) is 0 Å². The Morgan fingerprint density at radius 1 is 0.433 bits per heavy atom. The molecule has 171 valence electrons. The summed E-state index contributed by atoms with van der Waals surface area (Å²) in [6.45, 7) is 2.48. The molecule has 0 aromatic carbocycles. The summed E-state index contributed by atoms with van der Waals surface area (Å²) in [7, 11) is 9.17. The Morgan fingerprint density at radius 2 is 0.733 bits per heavy atom. The van der Waals surface area contributed by atoms with Gasteiger partial charge in [-0.25, -0.2) is 0 Å². The molecule has 0 aromatic heterocycles. The Morgan fingerprint density at radius 3 is 1.13 bits per heavy atom. The second-order valence-corrected chi connectivity index (χ2v) is 11.2. The monoisotopic (exact) mass is 411 g/mol. The van der Waals surface area contributed by atoms with Crippen molar-refractivity contribution in [2.75, 3.05) is 0 Å². The van der Waals surface area contributed by atoms with Crippen LogP contribution in [-0.4, -0.2) is 15.1 Å². The average molecular weight is 411 g/mol. The highest BCUT2D eigenvalue weighted by Gasteiger charge is 2.18. The van der Waals surface area contributed by atoms with Crippen LogP contribution in [0.1, 0.15) is 155 Å². The third-order valence-electron chi connectivity index (χ3n) is 8.14. The first kappa shape index (κ1) is 26.4. The predicted octanol–water partition coefficient (Wildman–Crippen LogP) is 9.86. The largest absolute Gasteiger partial charge is 0.117 e. The minimum atomic E-state index is 0.473. The van der Waals surface area contributed by atoms with Crippen LogP contribution in [0.4, 0.5) is 0 Å². The number of rotatable bonds is 2. The fourth-order valence-electron chi connectivity index (χ4n) is 6.01. The van der Waals surface area contributed by atoms with Gasteiger partial charge in [-0.2, -0.15) is 0 Å². The first-order valence-electron chi connectivity index (χ1n) is 14.3. The van der Waals surface area contributed by atoms with Gasteiger partial charge in [0.15, 0.2) is 0 Å². The molecule has 2 fully saturated rings. The molecular formula is C28H53B2. The molecule has 3 radical (unpaired) electrons. The van der Waals surface area contributed by atoms with Gasteiger partial charge in [0.25, 0.3) is 0 Å². The Bertz CT molecular complexity index is 367. The molecule has 2 aliphatic carbocycles. The zero-order chi connectivity index (χ0) is 21.3. The zero-order valence-electron chi connectivity index (χ0n) is 20.7. The highest BCUT2D eigenvalue weighted by molar-refractivity contribution is 6.39. The van der Waals surface area contributed by atoms with E-state index in [-0.39, 0.29) is 0 Å². The molecule has 0 amide bonds. The number of hydrogen-bond donors (Lipinski definition) is 0. The average Bonchev–Trinajstić information content (AvgIpc) is 2.75. The molecule has 0 nitrogen and oxygen atoms in total. The van der Waals surface area contributed by atoms with E-state index < -0.39 is 0 Å². The molecule has 2 saturated carbocycles. The van der Waals surface area contributed by atoms with Gasteiger partial charge in [-0.1, -0.05) is 172 Å². The SMILES string of the molecule is [B][C@@H]1CCCCCC[C@H]([B]C2CCCCCCC(C)CCCCCC2)CCCCC1. The molecule has 0 bridgehead atoms. The van der Waals surface area contributed by atoms with Gasteiger partial charge >= 0.3 is 0 Å². The van der Waals surface area contributed by atoms with E-state index in [1.165, 1.54) is 148 Å². The standard InChI is InChI=1S/C28H53B2/c1-25-17-9-2-5-13-21-27(22-14-6-3-10-18-25)30-28-23-15-7-4-11-19-26(29)20-12-8-16-24-28/h25-28H,2-24H2,1H3/t25?,26-,27?,28+/m1/s1.